The van der Waals surface area contributed by atoms with Crippen LogP contribution in [0.5, 0.6) is 0 Å². The summed E-state index contributed by atoms with van der Waals surface area (Å²) < 4.78 is 2.40. The predicted octanol–water partition coefficient (Wildman–Crippen LogP) is 4.44. The normalized spacial score (nSPS) is 17.0. The van der Waals surface area contributed by atoms with Crippen molar-refractivity contribution in [2.75, 3.05) is 0 Å². The van der Waals surface area contributed by atoms with Crippen molar-refractivity contribution >= 4 is 21.8 Å². The monoisotopic (exact) mass is 279 g/mol. The summed E-state index contributed by atoms with van der Waals surface area (Å²) in [6, 6.07) is 15.7. The van der Waals surface area contributed by atoms with Crippen molar-refractivity contribution in [1.29, 1.82) is 0 Å². The Bertz CT molecular complexity index is 824. The van der Waals surface area contributed by atoms with E-state index >= 15 is 0 Å². The minimum absolute atomic E-state index is 0.426. The SMILES string of the molecule is CC(C)n1c2ccccc2c2cc(CC3(O)CC3)ccc21. The molecule has 2 heteroatoms. The fourth-order valence-corrected chi connectivity index (χ4v) is 3.42. The van der Waals surface area contributed by atoms with Gasteiger partial charge in [0, 0.05) is 34.3 Å². The van der Waals surface area contributed by atoms with E-state index in [1.807, 2.05) is 0 Å². The summed E-state index contributed by atoms with van der Waals surface area (Å²) >= 11 is 0. The molecule has 1 fully saturated rings. The zero-order valence-corrected chi connectivity index (χ0v) is 12.6. The van der Waals surface area contributed by atoms with Gasteiger partial charge in [0.05, 0.1) is 5.60 Å². The van der Waals surface area contributed by atoms with Crippen LogP contribution in [0.25, 0.3) is 21.8 Å². The molecule has 0 bridgehead atoms. The Morgan fingerprint density at radius 2 is 1.76 bits per heavy atom. The van der Waals surface area contributed by atoms with Crippen molar-refractivity contribution in [3.8, 4) is 0 Å². The molecule has 0 radical (unpaired) electrons. The molecule has 1 aromatic heterocycles. The van der Waals surface area contributed by atoms with Crippen LogP contribution in [0.3, 0.4) is 0 Å². The van der Waals surface area contributed by atoms with Gasteiger partial charge in [-0.2, -0.15) is 0 Å². The highest BCUT2D eigenvalue weighted by atomic mass is 16.3. The number of hydrogen-bond donors (Lipinski definition) is 1. The molecule has 0 saturated heterocycles. The van der Waals surface area contributed by atoms with Crippen molar-refractivity contribution < 1.29 is 5.11 Å². The van der Waals surface area contributed by atoms with E-state index in [9.17, 15) is 5.11 Å². The average Bonchev–Trinajstić information content (AvgIpc) is 3.08. The van der Waals surface area contributed by atoms with Crippen molar-refractivity contribution in [3.05, 3.63) is 48.0 Å². The van der Waals surface area contributed by atoms with Gasteiger partial charge in [-0.3, -0.25) is 0 Å². The zero-order chi connectivity index (χ0) is 14.6. The quantitative estimate of drug-likeness (QED) is 0.753. The lowest BCUT2D eigenvalue weighted by atomic mass is 10.0. The highest BCUT2D eigenvalue weighted by molar-refractivity contribution is 6.08. The Labute approximate surface area is 125 Å². The molecule has 0 unspecified atom stereocenters. The van der Waals surface area contributed by atoms with Gasteiger partial charge in [-0.25, -0.2) is 0 Å². The minimum atomic E-state index is -0.426. The molecule has 3 aromatic rings. The molecule has 2 nitrogen and oxygen atoms in total. The third-order valence-corrected chi connectivity index (χ3v) is 4.65. The van der Waals surface area contributed by atoms with E-state index in [0.717, 1.165) is 19.3 Å². The van der Waals surface area contributed by atoms with E-state index in [0.29, 0.717) is 6.04 Å². The van der Waals surface area contributed by atoms with E-state index in [1.54, 1.807) is 0 Å². The smallest absolute Gasteiger partial charge is 0.0690 e. The van der Waals surface area contributed by atoms with E-state index in [4.69, 9.17) is 0 Å². The van der Waals surface area contributed by atoms with Crippen LogP contribution in [-0.2, 0) is 6.42 Å². The Balaban J connectivity index is 1.96. The number of aliphatic hydroxyl groups is 1. The highest BCUT2D eigenvalue weighted by Crippen LogP contribution is 2.39. The van der Waals surface area contributed by atoms with Crippen LogP contribution < -0.4 is 0 Å². The number of rotatable bonds is 3. The topological polar surface area (TPSA) is 25.2 Å². The zero-order valence-electron chi connectivity index (χ0n) is 12.6. The van der Waals surface area contributed by atoms with Crippen LogP contribution in [-0.4, -0.2) is 15.3 Å². The van der Waals surface area contributed by atoms with E-state index in [-0.39, 0.29) is 0 Å². The number of aromatic nitrogens is 1. The molecular weight excluding hydrogens is 258 g/mol. The first-order chi connectivity index (χ1) is 10.1. The molecule has 108 valence electrons. The predicted molar refractivity (Wildman–Crippen MR) is 87.7 cm³/mol. The van der Waals surface area contributed by atoms with Crippen LogP contribution in [0.2, 0.25) is 0 Å². The molecule has 1 saturated carbocycles. The van der Waals surface area contributed by atoms with Crippen LogP contribution in [0.15, 0.2) is 42.5 Å². The van der Waals surface area contributed by atoms with Crippen molar-refractivity contribution in [3.63, 3.8) is 0 Å². The van der Waals surface area contributed by atoms with Crippen LogP contribution in [0, 0.1) is 0 Å². The summed E-state index contributed by atoms with van der Waals surface area (Å²) in [5, 5.41) is 12.8. The first kappa shape index (κ1) is 12.9. The summed E-state index contributed by atoms with van der Waals surface area (Å²) in [5.41, 5.74) is 3.40. The van der Waals surface area contributed by atoms with Crippen LogP contribution >= 0.6 is 0 Å². The highest BCUT2D eigenvalue weighted by Gasteiger charge is 2.40. The lowest BCUT2D eigenvalue weighted by Crippen LogP contribution is -2.10. The minimum Gasteiger partial charge on any atom is -0.390 e. The van der Waals surface area contributed by atoms with Crippen LogP contribution in [0.1, 0.15) is 38.3 Å². The Kier molecular flexibility index (Phi) is 2.67. The lowest BCUT2D eigenvalue weighted by molar-refractivity contribution is 0.151. The summed E-state index contributed by atoms with van der Waals surface area (Å²) in [6.45, 7) is 4.46. The van der Waals surface area contributed by atoms with Gasteiger partial charge in [-0.05, 0) is 50.5 Å². The lowest BCUT2D eigenvalue weighted by Gasteiger charge is -2.12. The molecule has 0 aliphatic heterocycles. The maximum atomic E-state index is 10.2. The molecule has 4 rings (SSSR count). The number of para-hydroxylation sites is 1. The summed E-state index contributed by atoms with van der Waals surface area (Å²) in [5.74, 6) is 0. The van der Waals surface area contributed by atoms with E-state index in [1.165, 1.54) is 27.4 Å². The van der Waals surface area contributed by atoms with Gasteiger partial charge in [-0.15, -0.1) is 0 Å². The molecule has 21 heavy (non-hydrogen) atoms. The Hall–Kier alpha value is -1.80. The Morgan fingerprint density at radius 3 is 2.48 bits per heavy atom. The molecule has 1 aliphatic rings. The van der Waals surface area contributed by atoms with Gasteiger partial charge >= 0.3 is 0 Å². The van der Waals surface area contributed by atoms with Gasteiger partial charge in [0.25, 0.3) is 0 Å². The molecule has 0 amide bonds. The fraction of sp³-hybridized carbons (Fsp3) is 0.368. The number of benzene rings is 2. The van der Waals surface area contributed by atoms with E-state index in [2.05, 4.69) is 60.9 Å². The second kappa shape index (κ2) is 4.35. The second-order valence-corrected chi connectivity index (χ2v) is 6.73. The largest absolute Gasteiger partial charge is 0.390 e. The number of fused-ring (bicyclic) bond motifs is 3. The first-order valence-corrected chi connectivity index (χ1v) is 7.81. The molecule has 1 heterocycles. The van der Waals surface area contributed by atoms with Crippen molar-refractivity contribution in [1.82, 2.24) is 4.57 Å². The number of nitrogens with zero attached hydrogens (tertiary/aromatic N) is 1. The number of hydrogen-bond acceptors (Lipinski definition) is 1. The van der Waals surface area contributed by atoms with Crippen molar-refractivity contribution in [2.45, 2.75) is 44.8 Å². The third-order valence-electron chi connectivity index (χ3n) is 4.65. The third kappa shape index (κ3) is 2.06. The van der Waals surface area contributed by atoms with Gasteiger partial charge in [-0.1, -0.05) is 24.3 Å². The Morgan fingerprint density at radius 1 is 1.05 bits per heavy atom. The fourth-order valence-electron chi connectivity index (χ4n) is 3.42. The van der Waals surface area contributed by atoms with Gasteiger partial charge < -0.3 is 9.67 Å². The summed E-state index contributed by atoms with van der Waals surface area (Å²) in [7, 11) is 0. The molecular formula is C19H21NO. The van der Waals surface area contributed by atoms with Gasteiger partial charge in [0.2, 0.25) is 0 Å². The van der Waals surface area contributed by atoms with Crippen molar-refractivity contribution in [2.24, 2.45) is 0 Å². The maximum absolute atomic E-state index is 10.2. The summed E-state index contributed by atoms with van der Waals surface area (Å²) in [6.07, 6.45) is 2.67. The summed E-state index contributed by atoms with van der Waals surface area (Å²) in [4.78, 5) is 0. The van der Waals surface area contributed by atoms with E-state index < -0.39 is 5.60 Å². The molecule has 1 N–H and O–H groups in total. The maximum Gasteiger partial charge on any atom is 0.0690 e. The second-order valence-electron chi connectivity index (χ2n) is 6.73. The molecule has 0 spiro atoms. The van der Waals surface area contributed by atoms with Gasteiger partial charge in [0.1, 0.15) is 0 Å². The molecule has 0 atom stereocenters. The standard InChI is InChI=1S/C19H21NO/c1-13(2)20-17-6-4-3-5-15(17)16-11-14(7-8-18(16)20)12-19(21)9-10-19/h3-8,11,13,21H,9-10,12H2,1-2H3. The first-order valence-electron chi connectivity index (χ1n) is 7.81. The molecule has 2 aromatic carbocycles. The van der Waals surface area contributed by atoms with Gasteiger partial charge in [0.15, 0.2) is 0 Å². The average molecular weight is 279 g/mol. The molecule has 1 aliphatic carbocycles. The van der Waals surface area contributed by atoms with Crippen LogP contribution in [0.4, 0.5) is 0 Å².